The minimum absolute atomic E-state index is 0.493. The lowest BCUT2D eigenvalue weighted by atomic mass is 10.3. The van der Waals surface area contributed by atoms with Gasteiger partial charge < -0.3 is 4.74 Å². The van der Waals surface area contributed by atoms with E-state index < -0.39 is 0 Å². The van der Waals surface area contributed by atoms with Gasteiger partial charge in [-0.15, -0.1) is 0 Å². The number of thiazole rings is 1. The Balaban J connectivity index is 2.47. The summed E-state index contributed by atoms with van der Waals surface area (Å²) in [6, 6.07) is 7.99. The third kappa shape index (κ3) is 1.44. The molecule has 1 aromatic heterocycles. The van der Waals surface area contributed by atoms with Crippen molar-refractivity contribution in [2.75, 3.05) is 5.52 Å². The van der Waals surface area contributed by atoms with E-state index in [1.807, 2.05) is 24.3 Å². The lowest BCUT2D eigenvalue weighted by Crippen LogP contribution is -1.85. The Morgan fingerprint density at radius 2 is 2.25 bits per heavy atom. The molecule has 0 radical (unpaired) electrons. The number of halogens is 1. The second-order valence-electron chi connectivity index (χ2n) is 2.20. The number of fused-ring (bicyclic) bond motifs is 1. The van der Waals surface area contributed by atoms with Crippen LogP contribution in [0.2, 0.25) is 0 Å². The van der Waals surface area contributed by atoms with Crippen LogP contribution >= 0.6 is 27.3 Å². The molecule has 0 amide bonds. The average Bonchev–Trinajstić information content (AvgIpc) is 2.47. The van der Waals surface area contributed by atoms with E-state index in [1.165, 1.54) is 0 Å². The summed E-state index contributed by atoms with van der Waals surface area (Å²) >= 11 is 4.75. The van der Waals surface area contributed by atoms with E-state index in [4.69, 9.17) is 4.74 Å². The highest BCUT2D eigenvalue weighted by Gasteiger charge is 2.01. The predicted molar refractivity (Wildman–Crippen MR) is 54.0 cm³/mol. The normalized spacial score (nSPS) is 10.4. The number of alkyl halides is 1. The summed E-state index contributed by atoms with van der Waals surface area (Å²) in [5, 5.41) is 0.716. The smallest absolute Gasteiger partial charge is 0.275 e. The summed E-state index contributed by atoms with van der Waals surface area (Å²) in [5.74, 6) is 0. The molecule has 2 aromatic rings. The van der Waals surface area contributed by atoms with Crippen LogP contribution in [-0.2, 0) is 0 Å². The minimum Gasteiger partial charge on any atom is -0.458 e. The fourth-order valence-corrected chi connectivity index (χ4v) is 2.14. The van der Waals surface area contributed by atoms with Gasteiger partial charge >= 0.3 is 0 Å². The van der Waals surface area contributed by atoms with Crippen LogP contribution in [-0.4, -0.2) is 10.5 Å². The van der Waals surface area contributed by atoms with Gasteiger partial charge in [0.05, 0.1) is 10.2 Å². The van der Waals surface area contributed by atoms with Crippen molar-refractivity contribution in [2.24, 2.45) is 0 Å². The molecule has 2 rings (SSSR count). The second kappa shape index (κ2) is 3.41. The highest BCUT2D eigenvalue weighted by Crippen LogP contribution is 2.27. The van der Waals surface area contributed by atoms with Gasteiger partial charge in [0.1, 0.15) is 5.52 Å². The molecule has 0 aliphatic carbocycles. The van der Waals surface area contributed by atoms with Crippen LogP contribution in [0, 0.1) is 0 Å². The topological polar surface area (TPSA) is 22.1 Å². The van der Waals surface area contributed by atoms with Crippen LogP contribution in [0.1, 0.15) is 0 Å². The van der Waals surface area contributed by atoms with E-state index in [9.17, 15) is 0 Å². The Hall–Kier alpha value is -0.610. The Morgan fingerprint density at radius 3 is 3.00 bits per heavy atom. The van der Waals surface area contributed by atoms with E-state index in [0.717, 1.165) is 10.2 Å². The molecule has 0 spiro atoms. The number of rotatable bonds is 2. The van der Waals surface area contributed by atoms with Gasteiger partial charge in [-0.25, -0.2) is 4.98 Å². The fourth-order valence-electron chi connectivity index (χ4n) is 0.959. The number of para-hydroxylation sites is 1. The molecule has 1 heterocycles. The highest BCUT2D eigenvalue weighted by molar-refractivity contribution is 9.09. The van der Waals surface area contributed by atoms with Crippen molar-refractivity contribution < 1.29 is 4.74 Å². The Bertz CT molecular complexity index is 354. The molecule has 12 heavy (non-hydrogen) atoms. The molecule has 62 valence electrons. The van der Waals surface area contributed by atoms with Gasteiger partial charge in [-0.2, -0.15) is 0 Å². The zero-order valence-electron chi connectivity index (χ0n) is 6.16. The molecule has 0 saturated heterocycles. The number of aromatic nitrogens is 1. The van der Waals surface area contributed by atoms with Gasteiger partial charge in [-0.1, -0.05) is 23.5 Å². The average molecular weight is 244 g/mol. The summed E-state index contributed by atoms with van der Waals surface area (Å²) < 4.78 is 6.38. The molecule has 2 nitrogen and oxygen atoms in total. The first-order chi connectivity index (χ1) is 5.90. The number of hydrogen-bond acceptors (Lipinski definition) is 3. The molecular weight excluding hydrogens is 238 g/mol. The summed E-state index contributed by atoms with van der Waals surface area (Å²) in [7, 11) is 0. The predicted octanol–water partition coefficient (Wildman–Crippen LogP) is 3.03. The number of benzene rings is 1. The first kappa shape index (κ1) is 8.01. The molecule has 0 aliphatic heterocycles. The van der Waals surface area contributed by atoms with E-state index in [0.29, 0.717) is 10.7 Å². The first-order valence-corrected chi connectivity index (χ1v) is 5.38. The number of ether oxygens (including phenoxy) is 1. The molecule has 0 aliphatic rings. The van der Waals surface area contributed by atoms with Crippen molar-refractivity contribution >= 4 is 37.5 Å². The highest BCUT2D eigenvalue weighted by atomic mass is 79.9. The largest absolute Gasteiger partial charge is 0.458 e. The number of hydrogen-bond donors (Lipinski definition) is 0. The minimum atomic E-state index is 0.493. The second-order valence-corrected chi connectivity index (χ2v) is 3.65. The van der Waals surface area contributed by atoms with Crippen molar-refractivity contribution in [3.05, 3.63) is 24.3 Å². The SMILES string of the molecule is BrCOc1nc2ccccc2s1. The van der Waals surface area contributed by atoms with Crippen molar-refractivity contribution in [2.45, 2.75) is 0 Å². The molecule has 0 N–H and O–H groups in total. The van der Waals surface area contributed by atoms with E-state index >= 15 is 0 Å². The van der Waals surface area contributed by atoms with Crippen LogP contribution in [0.3, 0.4) is 0 Å². The maximum atomic E-state index is 5.21. The van der Waals surface area contributed by atoms with Gasteiger partial charge in [0.2, 0.25) is 0 Å². The third-order valence-electron chi connectivity index (χ3n) is 1.45. The number of nitrogens with zero attached hydrogens (tertiary/aromatic N) is 1. The van der Waals surface area contributed by atoms with Crippen LogP contribution in [0.25, 0.3) is 10.2 Å². The molecule has 4 heteroatoms. The maximum absolute atomic E-state index is 5.21. The van der Waals surface area contributed by atoms with E-state index in [2.05, 4.69) is 20.9 Å². The van der Waals surface area contributed by atoms with Gasteiger partial charge in [0, 0.05) is 0 Å². The van der Waals surface area contributed by atoms with Crippen LogP contribution in [0.4, 0.5) is 0 Å². The Labute approximate surface area is 82.3 Å². The molecule has 1 aromatic carbocycles. The molecule has 0 saturated carbocycles. The lowest BCUT2D eigenvalue weighted by molar-refractivity contribution is 0.396. The molecule has 0 fully saturated rings. The van der Waals surface area contributed by atoms with Crippen LogP contribution < -0.4 is 4.74 Å². The Morgan fingerprint density at radius 1 is 1.42 bits per heavy atom. The monoisotopic (exact) mass is 243 g/mol. The molecular formula is C8H6BrNOS. The summed E-state index contributed by atoms with van der Waals surface area (Å²) in [6.07, 6.45) is 0. The van der Waals surface area contributed by atoms with Crippen molar-refractivity contribution in [1.82, 2.24) is 4.98 Å². The summed E-state index contributed by atoms with van der Waals surface area (Å²) in [4.78, 5) is 4.27. The van der Waals surface area contributed by atoms with Crippen molar-refractivity contribution in [3.63, 3.8) is 0 Å². The van der Waals surface area contributed by atoms with Gasteiger partial charge in [0.25, 0.3) is 5.19 Å². The van der Waals surface area contributed by atoms with Crippen LogP contribution in [0.5, 0.6) is 5.19 Å². The summed E-state index contributed by atoms with van der Waals surface area (Å²) in [6.45, 7) is 0. The zero-order valence-corrected chi connectivity index (χ0v) is 8.56. The zero-order chi connectivity index (χ0) is 8.39. The van der Waals surface area contributed by atoms with Crippen LogP contribution in [0.15, 0.2) is 24.3 Å². The Kier molecular flexibility index (Phi) is 2.28. The summed E-state index contributed by atoms with van der Waals surface area (Å²) in [5.41, 5.74) is 1.49. The fraction of sp³-hybridized carbons (Fsp3) is 0.125. The first-order valence-electron chi connectivity index (χ1n) is 3.44. The molecule has 0 bridgehead atoms. The van der Waals surface area contributed by atoms with Gasteiger partial charge in [0.15, 0.2) is 0 Å². The standard InChI is InChI=1S/C8H6BrNOS/c9-5-11-8-10-6-3-1-2-4-7(6)12-8/h1-4H,5H2. The maximum Gasteiger partial charge on any atom is 0.275 e. The molecule has 0 unspecified atom stereocenters. The van der Waals surface area contributed by atoms with Crippen molar-refractivity contribution in [1.29, 1.82) is 0 Å². The quantitative estimate of drug-likeness (QED) is 0.757. The van der Waals surface area contributed by atoms with Gasteiger partial charge in [-0.05, 0) is 28.1 Å². The molecule has 0 atom stereocenters. The van der Waals surface area contributed by atoms with E-state index in [-0.39, 0.29) is 0 Å². The van der Waals surface area contributed by atoms with Gasteiger partial charge in [-0.3, -0.25) is 0 Å². The van der Waals surface area contributed by atoms with Crippen molar-refractivity contribution in [3.8, 4) is 5.19 Å². The lowest BCUT2D eigenvalue weighted by Gasteiger charge is -1.90. The third-order valence-corrected chi connectivity index (χ3v) is 2.63. The van der Waals surface area contributed by atoms with E-state index in [1.54, 1.807) is 11.3 Å².